The van der Waals surface area contributed by atoms with Gasteiger partial charge in [-0.1, -0.05) is 15.9 Å². The fraction of sp³-hybridized carbons (Fsp3) is 0.154. The number of carbonyl (C=O) groups is 1. The third-order valence-corrected chi connectivity index (χ3v) is 3.39. The summed E-state index contributed by atoms with van der Waals surface area (Å²) in [5, 5.41) is 7.44. The maximum absolute atomic E-state index is 11.9. The molecule has 0 aliphatic carbocycles. The number of carbonyl (C=O) groups excluding carboxylic acids is 1. The van der Waals surface area contributed by atoms with Crippen molar-refractivity contribution < 1.29 is 4.79 Å². The zero-order valence-electron chi connectivity index (χ0n) is 11.5. The van der Waals surface area contributed by atoms with Crippen LogP contribution in [0.15, 0.2) is 34.9 Å². The van der Waals surface area contributed by atoms with Gasteiger partial charge in [0.15, 0.2) is 5.11 Å². The van der Waals surface area contributed by atoms with E-state index >= 15 is 0 Å². The standard InChI is InChI=1S/C13H14BrN5OS/c1-8-11(7-19(2)18-8)15-13(21)17-16-12(20)9-3-5-10(14)6-4-9/h3-7H,1-2H3,(H,16,20)(H2,15,17,21). The van der Waals surface area contributed by atoms with E-state index in [1.165, 1.54) is 0 Å². The van der Waals surface area contributed by atoms with E-state index in [0.717, 1.165) is 15.9 Å². The van der Waals surface area contributed by atoms with E-state index in [2.05, 4.69) is 37.2 Å². The lowest BCUT2D eigenvalue weighted by atomic mass is 10.2. The lowest BCUT2D eigenvalue weighted by Gasteiger charge is -2.10. The Labute approximate surface area is 136 Å². The molecule has 0 saturated heterocycles. The van der Waals surface area contributed by atoms with Gasteiger partial charge in [-0.15, -0.1) is 0 Å². The van der Waals surface area contributed by atoms with Crippen LogP contribution in [0, 0.1) is 6.92 Å². The van der Waals surface area contributed by atoms with Gasteiger partial charge >= 0.3 is 0 Å². The highest BCUT2D eigenvalue weighted by Gasteiger charge is 2.07. The van der Waals surface area contributed by atoms with Crippen LogP contribution < -0.4 is 16.2 Å². The molecule has 6 nitrogen and oxygen atoms in total. The number of hydrogen-bond acceptors (Lipinski definition) is 3. The van der Waals surface area contributed by atoms with E-state index in [1.807, 2.05) is 14.0 Å². The van der Waals surface area contributed by atoms with E-state index in [-0.39, 0.29) is 11.0 Å². The number of hydrogen-bond donors (Lipinski definition) is 3. The Morgan fingerprint density at radius 3 is 2.52 bits per heavy atom. The molecule has 1 amide bonds. The SMILES string of the molecule is Cc1nn(C)cc1NC(=S)NNC(=O)c1ccc(Br)cc1. The quantitative estimate of drug-likeness (QED) is 0.560. The normalized spacial score (nSPS) is 10.0. The maximum atomic E-state index is 11.9. The molecule has 0 radical (unpaired) electrons. The zero-order chi connectivity index (χ0) is 15.4. The van der Waals surface area contributed by atoms with Crippen LogP contribution >= 0.6 is 28.1 Å². The van der Waals surface area contributed by atoms with Crippen molar-refractivity contribution in [1.82, 2.24) is 20.6 Å². The van der Waals surface area contributed by atoms with Gasteiger partial charge in [-0.2, -0.15) is 5.10 Å². The topological polar surface area (TPSA) is 71.0 Å². The second-order valence-corrected chi connectivity index (χ2v) is 5.67. The van der Waals surface area contributed by atoms with Gasteiger partial charge in [0.1, 0.15) is 0 Å². The molecule has 3 N–H and O–H groups in total. The Hall–Kier alpha value is -1.93. The fourth-order valence-electron chi connectivity index (χ4n) is 1.66. The van der Waals surface area contributed by atoms with Crippen LogP contribution in [0.3, 0.4) is 0 Å². The Bertz CT molecular complexity index is 668. The molecular formula is C13H14BrN5OS. The Balaban J connectivity index is 1.87. The summed E-state index contributed by atoms with van der Waals surface area (Å²) in [6.07, 6.45) is 1.81. The van der Waals surface area contributed by atoms with E-state index in [1.54, 1.807) is 35.1 Å². The minimum Gasteiger partial charge on any atom is -0.329 e. The molecule has 2 aromatic rings. The Morgan fingerprint density at radius 1 is 1.29 bits per heavy atom. The molecule has 21 heavy (non-hydrogen) atoms. The number of thiocarbonyl (C=S) groups is 1. The van der Waals surface area contributed by atoms with Crippen LogP contribution in [0.1, 0.15) is 16.1 Å². The summed E-state index contributed by atoms with van der Waals surface area (Å²) in [6, 6.07) is 7.01. The number of anilines is 1. The molecule has 1 aromatic carbocycles. The van der Waals surface area contributed by atoms with Gasteiger partial charge in [0.2, 0.25) is 0 Å². The molecule has 2 rings (SSSR count). The number of nitrogens with zero attached hydrogens (tertiary/aromatic N) is 2. The van der Waals surface area contributed by atoms with Crippen molar-refractivity contribution in [3.05, 3.63) is 46.2 Å². The van der Waals surface area contributed by atoms with Gasteiger partial charge < -0.3 is 5.32 Å². The summed E-state index contributed by atoms with van der Waals surface area (Å²) in [5.41, 5.74) is 7.32. The lowest BCUT2D eigenvalue weighted by Crippen LogP contribution is -2.43. The highest BCUT2D eigenvalue weighted by molar-refractivity contribution is 9.10. The molecule has 1 aromatic heterocycles. The average molecular weight is 368 g/mol. The predicted molar refractivity (Wildman–Crippen MR) is 88.9 cm³/mol. The van der Waals surface area contributed by atoms with Crippen LogP contribution in [-0.4, -0.2) is 20.8 Å². The van der Waals surface area contributed by atoms with E-state index < -0.39 is 0 Å². The molecule has 0 aliphatic rings. The van der Waals surface area contributed by atoms with Crippen LogP contribution in [0.5, 0.6) is 0 Å². The third kappa shape index (κ3) is 4.27. The first kappa shape index (κ1) is 15.5. The van der Waals surface area contributed by atoms with Crippen LogP contribution in [0.25, 0.3) is 0 Å². The van der Waals surface area contributed by atoms with Crippen LogP contribution in [0.4, 0.5) is 5.69 Å². The maximum Gasteiger partial charge on any atom is 0.269 e. The molecule has 0 aliphatic heterocycles. The van der Waals surface area contributed by atoms with Gasteiger partial charge in [0.05, 0.1) is 11.4 Å². The summed E-state index contributed by atoms with van der Waals surface area (Å²) in [7, 11) is 1.82. The summed E-state index contributed by atoms with van der Waals surface area (Å²) in [4.78, 5) is 11.9. The van der Waals surface area contributed by atoms with Crippen LogP contribution in [0.2, 0.25) is 0 Å². The van der Waals surface area contributed by atoms with Gasteiger partial charge in [-0.3, -0.25) is 20.3 Å². The predicted octanol–water partition coefficient (Wildman–Crippen LogP) is 2.12. The van der Waals surface area contributed by atoms with E-state index in [9.17, 15) is 4.79 Å². The Kier molecular flexibility index (Phi) is 4.92. The van der Waals surface area contributed by atoms with E-state index in [4.69, 9.17) is 12.2 Å². The largest absolute Gasteiger partial charge is 0.329 e. The number of nitrogens with one attached hydrogen (secondary N) is 3. The van der Waals surface area contributed by atoms with Crippen molar-refractivity contribution in [2.24, 2.45) is 7.05 Å². The van der Waals surface area contributed by atoms with Crippen molar-refractivity contribution >= 4 is 44.9 Å². The number of aryl methyl sites for hydroxylation is 2. The molecule has 8 heteroatoms. The molecule has 110 valence electrons. The molecule has 0 atom stereocenters. The summed E-state index contributed by atoms with van der Waals surface area (Å²) >= 11 is 8.43. The highest BCUT2D eigenvalue weighted by atomic mass is 79.9. The highest BCUT2D eigenvalue weighted by Crippen LogP contribution is 2.11. The molecule has 0 fully saturated rings. The molecular weight excluding hydrogens is 354 g/mol. The number of halogens is 1. The monoisotopic (exact) mass is 367 g/mol. The third-order valence-electron chi connectivity index (χ3n) is 2.66. The number of aromatic nitrogens is 2. The number of hydrazine groups is 1. The van der Waals surface area contributed by atoms with Gasteiger partial charge in [-0.25, -0.2) is 0 Å². The average Bonchev–Trinajstić information content (AvgIpc) is 2.75. The molecule has 0 saturated carbocycles. The van der Waals surface area contributed by atoms with Crippen molar-refractivity contribution in [2.45, 2.75) is 6.92 Å². The summed E-state index contributed by atoms with van der Waals surface area (Å²) in [6.45, 7) is 1.87. The van der Waals surface area contributed by atoms with Crippen molar-refractivity contribution in [3.63, 3.8) is 0 Å². The molecule has 0 bridgehead atoms. The smallest absolute Gasteiger partial charge is 0.269 e. The minimum atomic E-state index is -0.269. The number of amides is 1. The molecule has 0 spiro atoms. The minimum absolute atomic E-state index is 0.269. The number of benzene rings is 1. The first-order chi connectivity index (χ1) is 9.95. The molecule has 1 heterocycles. The summed E-state index contributed by atoms with van der Waals surface area (Å²) < 4.78 is 2.59. The zero-order valence-corrected chi connectivity index (χ0v) is 13.9. The summed E-state index contributed by atoms with van der Waals surface area (Å²) in [5.74, 6) is -0.269. The fourth-order valence-corrected chi connectivity index (χ4v) is 2.09. The van der Waals surface area contributed by atoms with Gasteiger partial charge in [0, 0.05) is 23.3 Å². The van der Waals surface area contributed by atoms with Gasteiger partial charge in [0.25, 0.3) is 5.91 Å². The lowest BCUT2D eigenvalue weighted by molar-refractivity contribution is 0.0944. The van der Waals surface area contributed by atoms with Gasteiger partial charge in [-0.05, 0) is 43.4 Å². The second-order valence-electron chi connectivity index (χ2n) is 4.34. The Morgan fingerprint density at radius 2 is 1.95 bits per heavy atom. The van der Waals surface area contributed by atoms with Crippen LogP contribution in [-0.2, 0) is 7.05 Å². The first-order valence-electron chi connectivity index (χ1n) is 6.09. The van der Waals surface area contributed by atoms with Crippen molar-refractivity contribution in [2.75, 3.05) is 5.32 Å². The first-order valence-corrected chi connectivity index (χ1v) is 7.29. The molecule has 0 unspecified atom stereocenters. The van der Waals surface area contributed by atoms with E-state index in [0.29, 0.717) is 5.56 Å². The second kappa shape index (κ2) is 6.68. The van der Waals surface area contributed by atoms with Crippen molar-refractivity contribution in [1.29, 1.82) is 0 Å². The van der Waals surface area contributed by atoms with Crippen molar-refractivity contribution in [3.8, 4) is 0 Å². The number of rotatable bonds is 2.